The highest BCUT2D eigenvalue weighted by atomic mass is 32.2. The van der Waals surface area contributed by atoms with Crippen LogP contribution >= 0.6 is 23.5 Å². The van der Waals surface area contributed by atoms with E-state index >= 15 is 0 Å². The van der Waals surface area contributed by atoms with Crippen LogP contribution in [0, 0.1) is 17.2 Å². The largest absolute Gasteiger partial charge is 0.324 e. The van der Waals surface area contributed by atoms with Gasteiger partial charge < -0.3 is 10.2 Å². The SMILES string of the molecule is CC(C#N)CSc1ccccc1NC(=O)N1CCCSCC1. The number of urea groups is 1. The first-order valence-electron chi connectivity index (χ1n) is 7.46. The fourth-order valence-corrected chi connectivity index (χ4v) is 3.93. The number of anilines is 1. The summed E-state index contributed by atoms with van der Waals surface area (Å²) in [6.07, 6.45) is 1.05. The molecule has 1 aliphatic rings. The van der Waals surface area contributed by atoms with Crippen molar-refractivity contribution in [3.05, 3.63) is 24.3 Å². The van der Waals surface area contributed by atoms with Gasteiger partial charge in [0, 0.05) is 29.5 Å². The van der Waals surface area contributed by atoms with Gasteiger partial charge in [-0.25, -0.2) is 4.79 Å². The minimum atomic E-state index is -0.0242. The van der Waals surface area contributed by atoms with Gasteiger partial charge in [0.1, 0.15) is 0 Å². The molecular weight excluding hydrogens is 314 g/mol. The third-order valence-electron chi connectivity index (χ3n) is 3.35. The fraction of sp³-hybridized carbons (Fsp3) is 0.500. The standard InChI is InChI=1S/C16H21N3OS2/c1-13(11-17)12-22-15-6-3-2-5-14(15)18-16(20)19-7-4-9-21-10-8-19/h2-3,5-6,13H,4,7-10,12H2,1H3,(H,18,20). The van der Waals surface area contributed by atoms with Crippen molar-refractivity contribution in [2.75, 3.05) is 35.7 Å². The van der Waals surface area contributed by atoms with E-state index in [1.165, 1.54) is 0 Å². The van der Waals surface area contributed by atoms with Crippen LogP contribution < -0.4 is 5.32 Å². The number of hydrogen-bond donors (Lipinski definition) is 1. The van der Waals surface area contributed by atoms with Gasteiger partial charge in [-0.15, -0.1) is 11.8 Å². The number of nitrogens with zero attached hydrogens (tertiary/aromatic N) is 2. The molecule has 1 N–H and O–H groups in total. The lowest BCUT2D eigenvalue weighted by atomic mass is 10.3. The van der Waals surface area contributed by atoms with Gasteiger partial charge in [0.05, 0.1) is 17.7 Å². The average Bonchev–Trinajstić information content (AvgIpc) is 2.83. The summed E-state index contributed by atoms with van der Waals surface area (Å²) in [7, 11) is 0. The second-order valence-corrected chi connectivity index (χ2v) is 7.51. The Morgan fingerprint density at radius 1 is 1.45 bits per heavy atom. The molecule has 2 amide bonds. The third kappa shape index (κ3) is 5.15. The van der Waals surface area contributed by atoms with Gasteiger partial charge in [-0.1, -0.05) is 12.1 Å². The number of carbonyl (C=O) groups excluding carboxylic acids is 1. The zero-order valence-electron chi connectivity index (χ0n) is 12.7. The molecular formula is C16H21N3OS2. The van der Waals surface area contributed by atoms with Crippen LogP contribution in [-0.4, -0.2) is 41.3 Å². The average molecular weight is 335 g/mol. The summed E-state index contributed by atoms with van der Waals surface area (Å²) >= 11 is 3.52. The second kappa shape index (κ2) is 8.96. The molecule has 1 saturated heterocycles. The molecule has 0 aromatic heterocycles. The summed E-state index contributed by atoms with van der Waals surface area (Å²) in [6, 6.07) is 10.00. The predicted octanol–water partition coefficient (Wildman–Crippen LogP) is 3.91. The lowest BCUT2D eigenvalue weighted by Gasteiger charge is -2.21. The summed E-state index contributed by atoms with van der Waals surface area (Å²) < 4.78 is 0. The molecule has 1 aromatic carbocycles. The van der Waals surface area contributed by atoms with Crippen molar-refractivity contribution in [2.45, 2.75) is 18.2 Å². The first kappa shape index (κ1) is 17.0. The molecule has 118 valence electrons. The molecule has 6 heteroatoms. The van der Waals surface area contributed by atoms with E-state index in [9.17, 15) is 4.79 Å². The zero-order chi connectivity index (χ0) is 15.8. The van der Waals surface area contributed by atoms with E-state index in [1.54, 1.807) is 11.8 Å². The predicted molar refractivity (Wildman–Crippen MR) is 94.5 cm³/mol. The summed E-state index contributed by atoms with van der Waals surface area (Å²) in [5, 5.41) is 11.9. The highest BCUT2D eigenvalue weighted by Gasteiger charge is 2.17. The van der Waals surface area contributed by atoms with Crippen LogP contribution in [0.25, 0.3) is 0 Å². The van der Waals surface area contributed by atoms with Gasteiger partial charge in [0.25, 0.3) is 0 Å². The molecule has 22 heavy (non-hydrogen) atoms. The molecule has 0 saturated carbocycles. The van der Waals surface area contributed by atoms with Crippen LogP contribution in [0.15, 0.2) is 29.2 Å². The number of nitriles is 1. The fourth-order valence-electron chi connectivity index (χ4n) is 2.09. The van der Waals surface area contributed by atoms with E-state index in [0.717, 1.165) is 47.4 Å². The Balaban J connectivity index is 1.99. The molecule has 1 aliphatic heterocycles. The third-order valence-corrected chi connectivity index (χ3v) is 5.73. The first-order chi connectivity index (χ1) is 10.7. The van der Waals surface area contributed by atoms with E-state index in [2.05, 4.69) is 11.4 Å². The molecule has 0 bridgehead atoms. The number of hydrogen-bond acceptors (Lipinski definition) is 4. The monoisotopic (exact) mass is 335 g/mol. The highest BCUT2D eigenvalue weighted by Crippen LogP contribution is 2.28. The normalized spacial score (nSPS) is 16.5. The summed E-state index contributed by atoms with van der Waals surface area (Å²) in [5.41, 5.74) is 0.833. The van der Waals surface area contributed by atoms with Crippen molar-refractivity contribution in [2.24, 2.45) is 5.92 Å². The number of nitrogens with one attached hydrogen (secondary N) is 1. The topological polar surface area (TPSA) is 56.1 Å². The smallest absolute Gasteiger partial charge is 0.321 e. The number of para-hydroxylation sites is 1. The minimum Gasteiger partial charge on any atom is -0.324 e. The van der Waals surface area contributed by atoms with Crippen molar-refractivity contribution < 1.29 is 4.79 Å². The van der Waals surface area contributed by atoms with Crippen molar-refractivity contribution in [1.82, 2.24) is 4.90 Å². The molecule has 2 rings (SSSR count). The molecule has 1 atom stereocenters. The number of carbonyl (C=O) groups is 1. The molecule has 0 radical (unpaired) electrons. The maximum Gasteiger partial charge on any atom is 0.321 e. The maximum absolute atomic E-state index is 12.4. The summed E-state index contributed by atoms with van der Waals surface area (Å²) in [5.74, 6) is 2.85. The zero-order valence-corrected chi connectivity index (χ0v) is 14.4. The Bertz CT molecular complexity index is 536. The minimum absolute atomic E-state index is 0.00334. The Morgan fingerprint density at radius 2 is 2.27 bits per heavy atom. The molecule has 1 unspecified atom stereocenters. The van der Waals surface area contributed by atoms with Crippen molar-refractivity contribution in [1.29, 1.82) is 5.26 Å². The number of thioether (sulfide) groups is 2. The van der Waals surface area contributed by atoms with E-state index in [0.29, 0.717) is 0 Å². The second-order valence-electron chi connectivity index (χ2n) is 5.22. The van der Waals surface area contributed by atoms with Gasteiger partial charge in [0.2, 0.25) is 0 Å². The van der Waals surface area contributed by atoms with Crippen LogP contribution in [0.3, 0.4) is 0 Å². The molecule has 1 fully saturated rings. The number of amides is 2. The Hall–Kier alpha value is -1.32. The van der Waals surface area contributed by atoms with Gasteiger partial charge in [-0.3, -0.25) is 0 Å². The van der Waals surface area contributed by atoms with Gasteiger partial charge in [-0.2, -0.15) is 17.0 Å². The number of benzene rings is 1. The van der Waals surface area contributed by atoms with Gasteiger partial charge >= 0.3 is 6.03 Å². The molecule has 0 spiro atoms. The summed E-state index contributed by atoms with van der Waals surface area (Å²) in [6.45, 7) is 3.53. The Labute approximate surface area is 140 Å². The van der Waals surface area contributed by atoms with E-state index in [-0.39, 0.29) is 11.9 Å². The lowest BCUT2D eigenvalue weighted by molar-refractivity contribution is 0.215. The van der Waals surface area contributed by atoms with Crippen molar-refractivity contribution in [3.63, 3.8) is 0 Å². The van der Waals surface area contributed by atoms with Crippen molar-refractivity contribution in [3.8, 4) is 6.07 Å². The van der Waals surface area contributed by atoms with Crippen LogP contribution in [0.4, 0.5) is 10.5 Å². The first-order valence-corrected chi connectivity index (χ1v) is 9.60. The molecule has 0 aliphatic carbocycles. The lowest BCUT2D eigenvalue weighted by Crippen LogP contribution is -2.36. The van der Waals surface area contributed by atoms with Crippen LogP contribution in [0.5, 0.6) is 0 Å². The van der Waals surface area contributed by atoms with E-state index in [4.69, 9.17) is 5.26 Å². The Kier molecular flexibility index (Phi) is 6.94. The molecule has 4 nitrogen and oxygen atoms in total. The number of rotatable bonds is 4. The van der Waals surface area contributed by atoms with Gasteiger partial charge in [-0.05, 0) is 31.2 Å². The molecule has 1 aromatic rings. The maximum atomic E-state index is 12.4. The van der Waals surface area contributed by atoms with Crippen molar-refractivity contribution >= 4 is 35.2 Å². The van der Waals surface area contributed by atoms with E-state index in [1.807, 2.05) is 47.9 Å². The quantitative estimate of drug-likeness (QED) is 0.848. The van der Waals surface area contributed by atoms with Crippen LogP contribution in [0.1, 0.15) is 13.3 Å². The summed E-state index contributed by atoms with van der Waals surface area (Å²) in [4.78, 5) is 15.3. The van der Waals surface area contributed by atoms with E-state index < -0.39 is 0 Å². The van der Waals surface area contributed by atoms with Gasteiger partial charge in [0.15, 0.2) is 0 Å². The highest BCUT2D eigenvalue weighted by molar-refractivity contribution is 7.99. The Morgan fingerprint density at radius 3 is 3.09 bits per heavy atom. The van der Waals surface area contributed by atoms with Crippen LogP contribution in [-0.2, 0) is 0 Å². The van der Waals surface area contributed by atoms with Crippen LogP contribution in [0.2, 0.25) is 0 Å². The molecule has 1 heterocycles.